The summed E-state index contributed by atoms with van der Waals surface area (Å²) in [5.41, 5.74) is 5.87. The molecule has 0 saturated carbocycles. The summed E-state index contributed by atoms with van der Waals surface area (Å²) in [6.07, 6.45) is -0.453. The minimum Gasteiger partial charge on any atom is -0.481 e. The molecule has 4 atom stereocenters. The smallest absolute Gasteiger partial charge is 0.305 e. The summed E-state index contributed by atoms with van der Waals surface area (Å²) in [7, 11) is 0. The van der Waals surface area contributed by atoms with E-state index in [9.17, 15) is 24.3 Å². The maximum Gasteiger partial charge on any atom is 0.305 e. The van der Waals surface area contributed by atoms with Gasteiger partial charge in [-0.1, -0.05) is 38.4 Å². The number of halogens is 1. The van der Waals surface area contributed by atoms with Gasteiger partial charge in [0.2, 0.25) is 11.8 Å². The average molecular weight is 483 g/mol. The molecule has 1 aliphatic rings. The highest BCUT2D eigenvalue weighted by Crippen LogP contribution is 2.29. The van der Waals surface area contributed by atoms with Gasteiger partial charge in [0, 0.05) is 6.54 Å². The topological polar surface area (TPSA) is 162 Å². The molecule has 1 saturated heterocycles. The van der Waals surface area contributed by atoms with Crippen molar-refractivity contribution in [2.75, 3.05) is 12.3 Å². The molecule has 1 fully saturated rings. The van der Waals surface area contributed by atoms with Crippen molar-refractivity contribution in [1.29, 1.82) is 0 Å². The van der Waals surface area contributed by atoms with Gasteiger partial charge < -0.3 is 31.0 Å². The molecule has 0 spiro atoms. The van der Waals surface area contributed by atoms with Gasteiger partial charge in [-0.25, -0.2) is 0 Å². The number of nitrogens with one attached hydrogen (secondary N) is 2. The molecule has 6 N–H and O–H groups in total. The normalized spacial score (nSPS) is 18.9. The highest BCUT2D eigenvalue weighted by Gasteiger charge is 2.42. The van der Waals surface area contributed by atoms with Crippen LogP contribution in [0.25, 0.3) is 0 Å². The van der Waals surface area contributed by atoms with Crippen molar-refractivity contribution in [3.8, 4) is 0 Å². The largest absolute Gasteiger partial charge is 0.481 e. The highest BCUT2D eigenvalue weighted by molar-refractivity contribution is 6.33. The fourth-order valence-electron chi connectivity index (χ4n) is 3.73. The van der Waals surface area contributed by atoms with Crippen LogP contribution in [0.3, 0.4) is 0 Å². The Kier molecular flexibility index (Phi) is 8.82. The number of amides is 2. The first-order valence-corrected chi connectivity index (χ1v) is 11.0. The summed E-state index contributed by atoms with van der Waals surface area (Å²) in [5.74, 6) is -2.19. The first-order valence-electron chi connectivity index (χ1n) is 10.6. The Morgan fingerprint density at radius 1 is 1.33 bits per heavy atom. The number of carbonyl (C=O) groups excluding carboxylic acids is 3. The lowest BCUT2D eigenvalue weighted by atomic mass is 9.85. The van der Waals surface area contributed by atoms with Crippen molar-refractivity contribution in [2.24, 2.45) is 5.41 Å². The zero-order valence-electron chi connectivity index (χ0n) is 18.9. The molecule has 1 aromatic carbocycles. The van der Waals surface area contributed by atoms with Gasteiger partial charge in [-0.05, 0) is 36.0 Å². The molecule has 2 rings (SSSR count). The van der Waals surface area contributed by atoms with Crippen LogP contribution in [0.1, 0.15) is 51.8 Å². The first kappa shape index (κ1) is 26.6. The van der Waals surface area contributed by atoms with Gasteiger partial charge in [-0.3, -0.25) is 19.7 Å². The highest BCUT2D eigenvalue weighted by atomic mass is 35.5. The van der Waals surface area contributed by atoms with E-state index in [1.54, 1.807) is 12.1 Å². The molecule has 1 heterocycles. The number of carbonyl (C=O) groups is 4. The molecular weight excluding hydrogens is 452 g/mol. The second kappa shape index (κ2) is 11.0. The number of hydrogen-bond donors (Lipinski definition) is 5. The number of hydrogen-bond acceptors (Lipinski definition) is 7. The Labute approximate surface area is 197 Å². The summed E-state index contributed by atoms with van der Waals surface area (Å²) in [6.45, 7) is 5.79. The third-order valence-corrected chi connectivity index (χ3v) is 5.83. The van der Waals surface area contributed by atoms with Gasteiger partial charge in [-0.2, -0.15) is 0 Å². The number of aliphatic hydroxyl groups excluding tert-OH is 1. The van der Waals surface area contributed by atoms with E-state index in [2.05, 4.69) is 10.6 Å². The predicted molar refractivity (Wildman–Crippen MR) is 122 cm³/mol. The van der Waals surface area contributed by atoms with Crippen LogP contribution in [0.15, 0.2) is 18.2 Å². The van der Waals surface area contributed by atoms with Gasteiger partial charge in [0.25, 0.3) is 0 Å². The van der Waals surface area contributed by atoms with Gasteiger partial charge in [0.1, 0.15) is 18.6 Å². The lowest BCUT2D eigenvalue weighted by Gasteiger charge is -2.37. The number of aliphatic hydroxyl groups is 1. The number of rotatable bonds is 9. The van der Waals surface area contributed by atoms with Crippen LogP contribution in [0.4, 0.5) is 5.69 Å². The summed E-state index contributed by atoms with van der Waals surface area (Å²) < 4.78 is 0. The molecule has 1 aromatic rings. The first-order chi connectivity index (χ1) is 15.3. The molecule has 0 radical (unpaired) electrons. The van der Waals surface area contributed by atoms with E-state index < -0.39 is 48.1 Å². The van der Waals surface area contributed by atoms with E-state index in [1.807, 2.05) is 20.8 Å². The molecule has 0 aromatic heterocycles. The molecule has 0 aliphatic carbocycles. The quantitative estimate of drug-likeness (QED) is 0.198. The molecule has 33 heavy (non-hydrogen) atoms. The third kappa shape index (κ3) is 6.89. The van der Waals surface area contributed by atoms with Crippen LogP contribution in [0, 0.1) is 5.41 Å². The van der Waals surface area contributed by atoms with E-state index >= 15 is 0 Å². The molecular formula is C22H31ClN4O6. The number of likely N-dealkylation sites (tertiary alicyclic amines) is 1. The van der Waals surface area contributed by atoms with E-state index in [0.717, 1.165) is 0 Å². The Bertz CT molecular complexity index is 903. The van der Waals surface area contributed by atoms with Crippen molar-refractivity contribution in [3.63, 3.8) is 0 Å². The summed E-state index contributed by atoms with van der Waals surface area (Å²) in [6, 6.07) is 1.77. The number of nitrogens with zero attached hydrogens (tertiary/aromatic N) is 1. The van der Waals surface area contributed by atoms with Crippen molar-refractivity contribution >= 4 is 41.4 Å². The lowest BCUT2D eigenvalue weighted by Crippen LogP contribution is -2.57. The summed E-state index contributed by atoms with van der Waals surface area (Å²) in [5, 5.41) is 25.2. The average Bonchev–Trinajstić information content (AvgIpc) is 3.21. The number of nitrogens with two attached hydrogens (primary N) is 1. The fourth-order valence-corrected chi connectivity index (χ4v) is 3.92. The fraction of sp³-hybridized carbons (Fsp3) is 0.545. The zero-order chi connectivity index (χ0) is 24.9. The van der Waals surface area contributed by atoms with Gasteiger partial charge in [0.05, 0.1) is 29.2 Å². The number of aliphatic carboxylic acids is 1. The van der Waals surface area contributed by atoms with Gasteiger partial charge in [0.15, 0.2) is 0 Å². The Morgan fingerprint density at radius 3 is 2.55 bits per heavy atom. The molecule has 182 valence electrons. The molecule has 0 bridgehead atoms. The predicted octanol–water partition coefficient (Wildman–Crippen LogP) is 1.07. The summed E-state index contributed by atoms with van der Waals surface area (Å²) in [4.78, 5) is 49.7. The minimum atomic E-state index is -1.22. The Morgan fingerprint density at radius 2 is 2.00 bits per heavy atom. The monoisotopic (exact) mass is 482 g/mol. The molecule has 10 nitrogen and oxygen atoms in total. The number of benzene rings is 1. The molecule has 11 heteroatoms. The van der Waals surface area contributed by atoms with Gasteiger partial charge >= 0.3 is 5.97 Å². The maximum absolute atomic E-state index is 13.5. The van der Waals surface area contributed by atoms with Crippen molar-refractivity contribution in [3.05, 3.63) is 28.8 Å². The SMILES string of the molecule is CC(C)(C)C(NC(O)c1ccc(N)c(Cl)c1)C(=O)N1CCCC1C(=O)NC(C=O)CC(=O)O. The van der Waals surface area contributed by atoms with Gasteiger partial charge in [-0.15, -0.1) is 0 Å². The molecule has 2 amide bonds. The number of carboxylic acids is 1. The van der Waals surface area contributed by atoms with Crippen molar-refractivity contribution < 1.29 is 29.4 Å². The Hall–Kier alpha value is -2.69. The van der Waals surface area contributed by atoms with Crippen LogP contribution in [-0.2, 0) is 19.2 Å². The number of anilines is 1. The second-order valence-electron chi connectivity index (χ2n) is 9.19. The maximum atomic E-state index is 13.5. The van der Waals surface area contributed by atoms with Crippen LogP contribution >= 0.6 is 11.6 Å². The molecule has 1 aliphatic heterocycles. The number of carboxylic acid groups (broad SMARTS) is 1. The Balaban J connectivity index is 2.19. The van der Waals surface area contributed by atoms with Crippen molar-refractivity contribution in [1.82, 2.24) is 15.5 Å². The van der Waals surface area contributed by atoms with Crippen LogP contribution < -0.4 is 16.4 Å². The van der Waals surface area contributed by atoms with E-state index in [0.29, 0.717) is 36.9 Å². The molecule has 4 unspecified atom stereocenters. The van der Waals surface area contributed by atoms with Crippen LogP contribution in [0.2, 0.25) is 5.02 Å². The van der Waals surface area contributed by atoms with E-state index in [-0.39, 0.29) is 10.9 Å². The second-order valence-corrected chi connectivity index (χ2v) is 9.60. The minimum absolute atomic E-state index is 0.273. The standard InChI is InChI=1S/C22H31ClN4O6/c1-22(2,3)18(26-19(31)12-6-7-15(24)14(23)9-12)21(33)27-8-4-5-16(27)20(32)25-13(11-28)10-17(29)30/h6-7,9,11,13,16,18-19,26,31H,4-5,8,10,24H2,1-3H3,(H,25,32)(H,29,30). The van der Waals surface area contributed by atoms with E-state index in [1.165, 1.54) is 11.0 Å². The lowest BCUT2D eigenvalue weighted by molar-refractivity contribution is -0.144. The summed E-state index contributed by atoms with van der Waals surface area (Å²) >= 11 is 6.04. The zero-order valence-corrected chi connectivity index (χ0v) is 19.6. The number of aldehydes is 1. The third-order valence-electron chi connectivity index (χ3n) is 5.50. The van der Waals surface area contributed by atoms with Crippen LogP contribution in [-0.4, -0.2) is 63.9 Å². The van der Waals surface area contributed by atoms with Crippen LogP contribution in [0.5, 0.6) is 0 Å². The van der Waals surface area contributed by atoms with E-state index in [4.69, 9.17) is 22.4 Å². The number of nitrogen functional groups attached to an aromatic ring is 1. The van der Waals surface area contributed by atoms with Crippen molar-refractivity contribution in [2.45, 2.75) is 64.4 Å².